The molecule has 29 heavy (non-hydrogen) atoms. The molecule has 5 nitrogen and oxygen atoms in total. The Balaban J connectivity index is 1.88. The van der Waals surface area contributed by atoms with Gasteiger partial charge in [0.15, 0.2) is 5.78 Å². The molecular weight excluding hydrogens is 404 g/mol. The molecule has 0 radical (unpaired) electrons. The first-order valence-corrected chi connectivity index (χ1v) is 12.3. The van der Waals surface area contributed by atoms with Gasteiger partial charge in [0, 0.05) is 19.0 Å². The van der Waals surface area contributed by atoms with Crippen molar-refractivity contribution in [1.82, 2.24) is 0 Å². The van der Waals surface area contributed by atoms with Gasteiger partial charge in [0.1, 0.15) is 4.21 Å². The van der Waals surface area contributed by atoms with Crippen LogP contribution in [0, 0.1) is 18.3 Å². The molecule has 1 N–H and O–H groups in total. The van der Waals surface area contributed by atoms with Crippen LogP contribution in [-0.4, -0.2) is 27.3 Å². The van der Waals surface area contributed by atoms with Crippen LogP contribution >= 0.6 is 11.3 Å². The fraction of sp³-hybridized carbons (Fsp3) is 0.500. The lowest BCUT2D eigenvalue weighted by Crippen LogP contribution is -2.38. The molecule has 0 spiro atoms. The third-order valence-corrected chi connectivity index (χ3v) is 8.49. The van der Waals surface area contributed by atoms with Crippen molar-refractivity contribution in [3.63, 3.8) is 0 Å². The summed E-state index contributed by atoms with van der Waals surface area (Å²) < 4.78 is 29.0. The molecule has 3 rings (SSSR count). The van der Waals surface area contributed by atoms with Crippen molar-refractivity contribution in [1.29, 1.82) is 0 Å². The number of nitrogens with one attached hydrogen (secondary N) is 1. The number of hydrogen-bond acceptors (Lipinski definition) is 5. The van der Waals surface area contributed by atoms with E-state index in [0.717, 1.165) is 48.5 Å². The van der Waals surface area contributed by atoms with E-state index in [9.17, 15) is 13.2 Å². The Bertz CT molecular complexity index is 997. The summed E-state index contributed by atoms with van der Waals surface area (Å²) in [5.41, 5.74) is 2.90. The predicted octanol–water partition coefficient (Wildman–Crippen LogP) is 5.32. The van der Waals surface area contributed by atoms with Gasteiger partial charge in [-0.05, 0) is 48.9 Å². The van der Waals surface area contributed by atoms with Crippen LogP contribution < -0.4 is 9.62 Å². The first-order valence-electron chi connectivity index (χ1n) is 10.0. The van der Waals surface area contributed by atoms with Crippen LogP contribution in [0.15, 0.2) is 34.5 Å². The van der Waals surface area contributed by atoms with Gasteiger partial charge in [-0.3, -0.25) is 9.52 Å². The molecule has 7 heteroatoms. The monoisotopic (exact) mass is 434 g/mol. The minimum Gasteiger partial charge on any atom is -0.370 e. The number of carbonyl (C=O) groups excluding carboxylic acids is 1. The van der Waals surface area contributed by atoms with Gasteiger partial charge >= 0.3 is 0 Å². The van der Waals surface area contributed by atoms with E-state index in [-0.39, 0.29) is 15.9 Å². The third-order valence-electron chi connectivity index (χ3n) is 5.53. The molecule has 1 aromatic carbocycles. The minimum absolute atomic E-state index is 0.0383. The Kier molecular flexibility index (Phi) is 6.11. The standard InChI is InChI=1S/C22H30N2O3S2/c1-15(2)21(25)18-9-10-19(28-18)29(26,27)23-17-8-6-7-16(3)20(17)24-13-11-22(4,5)12-14-24/h6-10,15,23H,11-14H2,1-5H3. The highest BCUT2D eigenvalue weighted by molar-refractivity contribution is 7.94. The van der Waals surface area contributed by atoms with Crippen LogP contribution in [0.3, 0.4) is 0 Å². The lowest BCUT2D eigenvalue weighted by atomic mass is 9.82. The van der Waals surface area contributed by atoms with Gasteiger partial charge in [-0.2, -0.15) is 0 Å². The lowest BCUT2D eigenvalue weighted by Gasteiger charge is -2.39. The molecule has 0 unspecified atom stereocenters. The van der Waals surface area contributed by atoms with Crippen LogP contribution in [0.1, 0.15) is 55.8 Å². The zero-order valence-corrected chi connectivity index (χ0v) is 19.4. The summed E-state index contributed by atoms with van der Waals surface area (Å²) in [4.78, 5) is 14.9. The summed E-state index contributed by atoms with van der Waals surface area (Å²) in [7, 11) is -3.76. The van der Waals surface area contributed by atoms with Crippen molar-refractivity contribution in [3.05, 3.63) is 40.8 Å². The number of sulfonamides is 1. The molecule has 1 saturated heterocycles. The molecule has 0 atom stereocenters. The molecule has 2 aromatic rings. The summed E-state index contributed by atoms with van der Waals surface area (Å²) >= 11 is 1.03. The Morgan fingerprint density at radius 3 is 2.41 bits per heavy atom. The second-order valence-corrected chi connectivity index (χ2v) is 11.9. The van der Waals surface area contributed by atoms with Crippen LogP contribution in [0.4, 0.5) is 11.4 Å². The Labute approximate surface area is 178 Å². The maximum absolute atomic E-state index is 13.0. The number of benzene rings is 1. The zero-order chi connectivity index (χ0) is 21.4. The Hall–Kier alpha value is -1.86. The molecule has 0 aliphatic carbocycles. The predicted molar refractivity (Wildman–Crippen MR) is 121 cm³/mol. The quantitative estimate of drug-likeness (QED) is 0.625. The number of hydrogen-bond donors (Lipinski definition) is 1. The fourth-order valence-electron chi connectivity index (χ4n) is 3.57. The van der Waals surface area contributed by atoms with Crippen molar-refractivity contribution in [2.45, 2.75) is 51.7 Å². The maximum Gasteiger partial charge on any atom is 0.271 e. The molecule has 1 aliphatic rings. The van der Waals surface area contributed by atoms with Crippen LogP contribution in [-0.2, 0) is 10.0 Å². The highest BCUT2D eigenvalue weighted by atomic mass is 32.2. The first-order chi connectivity index (χ1) is 13.5. The number of thiophene rings is 1. The summed E-state index contributed by atoms with van der Waals surface area (Å²) in [6, 6.07) is 8.81. The van der Waals surface area contributed by atoms with Gasteiger partial charge < -0.3 is 4.90 Å². The number of rotatable bonds is 6. The number of aryl methyl sites for hydroxylation is 1. The van der Waals surface area contributed by atoms with Crippen molar-refractivity contribution in [3.8, 4) is 0 Å². The number of Topliss-reactive ketones (excluding diaryl/α,β-unsaturated/α-hetero) is 1. The molecule has 2 heterocycles. The topological polar surface area (TPSA) is 66.5 Å². The van der Waals surface area contributed by atoms with Gasteiger partial charge in [-0.15, -0.1) is 11.3 Å². The highest BCUT2D eigenvalue weighted by Crippen LogP contribution is 2.38. The van der Waals surface area contributed by atoms with Crippen LogP contribution in [0.25, 0.3) is 0 Å². The van der Waals surface area contributed by atoms with Gasteiger partial charge in [-0.1, -0.05) is 39.8 Å². The number of nitrogens with zero attached hydrogens (tertiary/aromatic N) is 1. The van der Waals surface area contributed by atoms with E-state index in [0.29, 0.717) is 16.0 Å². The summed E-state index contributed by atoms with van der Waals surface area (Å²) in [5.74, 6) is -0.201. The van der Waals surface area contributed by atoms with E-state index in [1.807, 2.05) is 39.0 Å². The van der Waals surface area contributed by atoms with E-state index < -0.39 is 10.0 Å². The first kappa shape index (κ1) is 21.8. The molecule has 158 valence electrons. The fourth-order valence-corrected chi connectivity index (χ4v) is 6.03. The molecule has 0 bridgehead atoms. The minimum atomic E-state index is -3.76. The second kappa shape index (κ2) is 8.11. The summed E-state index contributed by atoms with van der Waals surface area (Å²) in [6.07, 6.45) is 2.14. The molecule has 0 saturated carbocycles. The van der Waals surface area contributed by atoms with Gasteiger partial charge in [-0.25, -0.2) is 8.42 Å². The van der Waals surface area contributed by atoms with Crippen molar-refractivity contribution >= 4 is 38.5 Å². The third kappa shape index (κ3) is 4.83. The SMILES string of the molecule is Cc1cccc(NS(=O)(=O)c2ccc(C(=O)C(C)C)s2)c1N1CCC(C)(C)CC1. The number of carbonyl (C=O) groups is 1. The zero-order valence-electron chi connectivity index (χ0n) is 17.8. The highest BCUT2D eigenvalue weighted by Gasteiger charge is 2.28. The summed E-state index contributed by atoms with van der Waals surface area (Å²) in [6.45, 7) is 12.0. The molecular formula is C22H30N2O3S2. The normalized spacial score (nSPS) is 16.8. The largest absolute Gasteiger partial charge is 0.370 e. The Morgan fingerprint density at radius 1 is 1.14 bits per heavy atom. The van der Waals surface area contributed by atoms with Gasteiger partial charge in [0.25, 0.3) is 10.0 Å². The molecule has 1 aromatic heterocycles. The molecule has 1 aliphatic heterocycles. The number of piperidine rings is 1. The second-order valence-electron chi connectivity index (χ2n) is 8.87. The lowest BCUT2D eigenvalue weighted by molar-refractivity contribution is 0.0943. The maximum atomic E-state index is 13.0. The van der Waals surface area contributed by atoms with Crippen molar-refractivity contribution in [2.24, 2.45) is 11.3 Å². The smallest absolute Gasteiger partial charge is 0.271 e. The van der Waals surface area contributed by atoms with Gasteiger partial charge in [0.2, 0.25) is 0 Å². The van der Waals surface area contributed by atoms with E-state index in [2.05, 4.69) is 23.5 Å². The van der Waals surface area contributed by atoms with Crippen LogP contribution in [0.5, 0.6) is 0 Å². The van der Waals surface area contributed by atoms with Crippen molar-refractivity contribution < 1.29 is 13.2 Å². The van der Waals surface area contributed by atoms with E-state index in [4.69, 9.17) is 0 Å². The van der Waals surface area contributed by atoms with Gasteiger partial charge in [0.05, 0.1) is 16.3 Å². The number of para-hydroxylation sites is 1. The Morgan fingerprint density at radius 2 is 1.79 bits per heavy atom. The van der Waals surface area contributed by atoms with Crippen LogP contribution in [0.2, 0.25) is 0 Å². The average molecular weight is 435 g/mol. The molecule has 1 fully saturated rings. The number of anilines is 2. The van der Waals surface area contributed by atoms with E-state index in [1.54, 1.807) is 6.07 Å². The molecule has 0 amide bonds. The average Bonchev–Trinajstić information content (AvgIpc) is 3.13. The van der Waals surface area contributed by atoms with E-state index >= 15 is 0 Å². The number of ketones is 1. The summed E-state index contributed by atoms with van der Waals surface area (Å²) in [5, 5.41) is 0. The van der Waals surface area contributed by atoms with E-state index in [1.165, 1.54) is 6.07 Å². The van der Waals surface area contributed by atoms with Crippen molar-refractivity contribution in [2.75, 3.05) is 22.7 Å².